The number of sulfone groups is 1. The smallest absolute Gasteiger partial charge is 0.416 e. The second kappa shape index (κ2) is 9.66. The van der Waals surface area contributed by atoms with Crippen molar-refractivity contribution in [2.45, 2.75) is 35.9 Å². The van der Waals surface area contributed by atoms with Crippen molar-refractivity contribution >= 4 is 15.8 Å². The Labute approximate surface area is 206 Å². The number of aromatic nitrogens is 1. The molecule has 0 saturated carbocycles. The highest BCUT2D eigenvalue weighted by molar-refractivity contribution is 7.91. The Balaban J connectivity index is 1.78. The molecule has 0 radical (unpaired) electrons. The van der Waals surface area contributed by atoms with Gasteiger partial charge in [-0.3, -0.25) is 4.79 Å². The molecule has 1 heterocycles. The normalized spacial score (nSPS) is 12.0. The van der Waals surface area contributed by atoms with Crippen molar-refractivity contribution in [2.24, 2.45) is 0 Å². The quantitative estimate of drug-likeness (QED) is 0.329. The average Bonchev–Trinajstić information content (AvgIpc) is 3.14. The van der Waals surface area contributed by atoms with Crippen LogP contribution in [0, 0.1) is 6.92 Å². The number of benzene rings is 3. The molecule has 36 heavy (non-hydrogen) atoms. The third kappa shape index (κ3) is 5.06. The summed E-state index contributed by atoms with van der Waals surface area (Å²) in [5.41, 5.74) is 1.82. The fourth-order valence-corrected chi connectivity index (χ4v) is 5.64. The van der Waals surface area contributed by atoms with Crippen molar-refractivity contribution < 1.29 is 31.5 Å². The van der Waals surface area contributed by atoms with E-state index in [1.807, 2.05) is 0 Å². The first-order chi connectivity index (χ1) is 17.0. The summed E-state index contributed by atoms with van der Waals surface area (Å²) in [7, 11) is -3.80. The molecule has 0 aliphatic heterocycles. The highest BCUT2D eigenvalue weighted by atomic mass is 32.2. The predicted molar refractivity (Wildman–Crippen MR) is 128 cm³/mol. The molecule has 3 aromatic carbocycles. The SMILES string of the molecule is Cc1c(Cc2ccccc2S(=O)(=O)c2ccccc2)cc(-c2ccc(C(F)(F)F)cc2)n1CC(=O)O. The summed E-state index contributed by atoms with van der Waals surface area (Å²) in [4.78, 5) is 11.8. The van der Waals surface area contributed by atoms with Crippen molar-refractivity contribution in [3.05, 3.63) is 107 Å². The van der Waals surface area contributed by atoms with E-state index in [1.165, 1.54) is 34.9 Å². The van der Waals surface area contributed by atoms with E-state index in [1.54, 1.807) is 49.4 Å². The van der Waals surface area contributed by atoms with Crippen molar-refractivity contribution in [3.63, 3.8) is 0 Å². The minimum Gasteiger partial charge on any atom is -0.480 e. The zero-order chi connectivity index (χ0) is 26.1. The number of carboxylic acids is 1. The van der Waals surface area contributed by atoms with Gasteiger partial charge >= 0.3 is 12.1 Å². The first-order valence-electron chi connectivity index (χ1n) is 10.9. The lowest BCUT2D eigenvalue weighted by molar-refractivity contribution is -0.138. The summed E-state index contributed by atoms with van der Waals surface area (Å²) in [6.45, 7) is 1.31. The van der Waals surface area contributed by atoms with E-state index in [-0.39, 0.29) is 16.2 Å². The lowest BCUT2D eigenvalue weighted by atomic mass is 10.0. The lowest BCUT2D eigenvalue weighted by Crippen LogP contribution is -2.12. The third-order valence-electron chi connectivity index (χ3n) is 5.97. The highest BCUT2D eigenvalue weighted by Gasteiger charge is 2.30. The van der Waals surface area contributed by atoms with E-state index < -0.39 is 34.1 Å². The van der Waals surface area contributed by atoms with Crippen LogP contribution in [0.5, 0.6) is 0 Å². The molecule has 0 spiro atoms. The summed E-state index contributed by atoms with van der Waals surface area (Å²) < 4.78 is 67.1. The van der Waals surface area contributed by atoms with Gasteiger partial charge in [0.15, 0.2) is 0 Å². The van der Waals surface area contributed by atoms with Crippen molar-refractivity contribution in [3.8, 4) is 11.3 Å². The van der Waals surface area contributed by atoms with Crippen LogP contribution in [0.1, 0.15) is 22.4 Å². The van der Waals surface area contributed by atoms with Crippen molar-refractivity contribution in [1.82, 2.24) is 4.57 Å². The van der Waals surface area contributed by atoms with Crippen molar-refractivity contribution in [2.75, 3.05) is 0 Å². The van der Waals surface area contributed by atoms with Crippen LogP contribution in [0.15, 0.2) is 94.7 Å². The summed E-state index contributed by atoms with van der Waals surface area (Å²) in [5.74, 6) is -1.11. The first-order valence-corrected chi connectivity index (χ1v) is 12.4. The van der Waals surface area contributed by atoms with Crippen LogP contribution >= 0.6 is 0 Å². The van der Waals surface area contributed by atoms with E-state index >= 15 is 0 Å². The van der Waals surface area contributed by atoms with Gasteiger partial charge in [0.1, 0.15) is 6.54 Å². The topological polar surface area (TPSA) is 76.4 Å². The molecule has 4 rings (SSSR count). The number of alkyl halides is 3. The number of hydrogen-bond donors (Lipinski definition) is 1. The Hall–Kier alpha value is -3.85. The van der Waals surface area contributed by atoms with Gasteiger partial charge in [0, 0.05) is 17.8 Å². The maximum atomic E-state index is 13.3. The molecule has 5 nitrogen and oxygen atoms in total. The van der Waals surface area contributed by atoms with E-state index in [2.05, 4.69) is 0 Å². The maximum absolute atomic E-state index is 13.3. The Morgan fingerprint density at radius 3 is 2.11 bits per heavy atom. The fraction of sp³-hybridized carbons (Fsp3) is 0.148. The standard InChI is InChI=1S/C27H22F3NO4S/c1-18-21(15-20-7-5-6-10-25(20)36(34,35)23-8-3-2-4-9-23)16-24(31(18)17-26(32)33)19-11-13-22(14-12-19)27(28,29)30/h2-14,16H,15,17H2,1H3,(H,32,33). The molecular formula is C27H22F3NO4S. The Morgan fingerprint density at radius 1 is 0.889 bits per heavy atom. The molecule has 0 aliphatic carbocycles. The van der Waals surface area contributed by atoms with Gasteiger partial charge in [-0.05, 0) is 60.0 Å². The minimum absolute atomic E-state index is 0.137. The van der Waals surface area contributed by atoms with Crippen LogP contribution in [0.25, 0.3) is 11.3 Å². The van der Waals surface area contributed by atoms with E-state index in [0.29, 0.717) is 28.1 Å². The van der Waals surface area contributed by atoms with E-state index in [0.717, 1.165) is 12.1 Å². The molecule has 9 heteroatoms. The largest absolute Gasteiger partial charge is 0.480 e. The molecule has 0 atom stereocenters. The lowest BCUT2D eigenvalue weighted by Gasteiger charge is -2.12. The molecule has 0 saturated heterocycles. The first kappa shape index (κ1) is 25.2. The third-order valence-corrected chi connectivity index (χ3v) is 7.84. The number of carboxylic acid groups (broad SMARTS) is 1. The predicted octanol–water partition coefficient (Wildman–Crippen LogP) is 5.99. The molecule has 0 bridgehead atoms. The molecule has 4 aromatic rings. The van der Waals surface area contributed by atoms with Gasteiger partial charge < -0.3 is 9.67 Å². The monoisotopic (exact) mass is 513 g/mol. The molecule has 0 fully saturated rings. The maximum Gasteiger partial charge on any atom is 0.416 e. The van der Waals surface area contributed by atoms with Crippen LogP contribution in [-0.4, -0.2) is 24.1 Å². The zero-order valence-electron chi connectivity index (χ0n) is 19.2. The van der Waals surface area contributed by atoms with Crippen LogP contribution in [0.3, 0.4) is 0 Å². The van der Waals surface area contributed by atoms with Gasteiger partial charge in [-0.25, -0.2) is 8.42 Å². The molecule has 0 amide bonds. The minimum atomic E-state index is -4.49. The van der Waals surface area contributed by atoms with Crippen LogP contribution in [-0.2, 0) is 33.8 Å². The summed E-state index contributed by atoms with van der Waals surface area (Å²) in [6, 6.07) is 20.8. The molecule has 0 aliphatic rings. The van der Waals surface area contributed by atoms with E-state index in [9.17, 15) is 31.5 Å². The summed E-state index contributed by atoms with van der Waals surface area (Å²) in [6.07, 6.45) is -4.30. The Bertz CT molecular complexity index is 1510. The van der Waals surface area contributed by atoms with Crippen molar-refractivity contribution in [1.29, 1.82) is 0 Å². The van der Waals surface area contributed by atoms with Gasteiger partial charge in [-0.2, -0.15) is 13.2 Å². The number of aliphatic carboxylic acids is 1. The number of hydrogen-bond acceptors (Lipinski definition) is 3. The number of rotatable bonds is 7. The van der Waals surface area contributed by atoms with Crippen LogP contribution in [0.2, 0.25) is 0 Å². The second-order valence-electron chi connectivity index (χ2n) is 8.30. The number of carbonyl (C=O) groups is 1. The summed E-state index contributed by atoms with van der Waals surface area (Å²) in [5, 5.41) is 9.44. The number of halogens is 3. The Morgan fingerprint density at radius 2 is 1.50 bits per heavy atom. The van der Waals surface area contributed by atoms with Crippen LogP contribution in [0.4, 0.5) is 13.2 Å². The van der Waals surface area contributed by atoms with Gasteiger partial charge in [0.2, 0.25) is 9.84 Å². The fourth-order valence-electron chi connectivity index (χ4n) is 4.13. The highest BCUT2D eigenvalue weighted by Crippen LogP contribution is 2.34. The van der Waals surface area contributed by atoms with Gasteiger partial charge in [0.25, 0.3) is 0 Å². The van der Waals surface area contributed by atoms with Gasteiger partial charge in [-0.15, -0.1) is 0 Å². The summed E-state index contributed by atoms with van der Waals surface area (Å²) >= 11 is 0. The van der Waals surface area contributed by atoms with Gasteiger partial charge in [0.05, 0.1) is 15.4 Å². The molecule has 1 N–H and O–H groups in total. The van der Waals surface area contributed by atoms with E-state index in [4.69, 9.17) is 0 Å². The second-order valence-corrected chi connectivity index (χ2v) is 10.2. The number of nitrogens with zero attached hydrogens (tertiary/aromatic N) is 1. The average molecular weight is 514 g/mol. The molecule has 0 unspecified atom stereocenters. The molecular weight excluding hydrogens is 491 g/mol. The zero-order valence-corrected chi connectivity index (χ0v) is 20.0. The van der Waals surface area contributed by atoms with Crippen LogP contribution < -0.4 is 0 Å². The molecule has 186 valence electrons. The van der Waals surface area contributed by atoms with Gasteiger partial charge in [-0.1, -0.05) is 48.5 Å². The molecule has 1 aromatic heterocycles. The Kier molecular flexibility index (Phi) is 6.77.